The van der Waals surface area contributed by atoms with Crippen molar-refractivity contribution < 1.29 is 61.2 Å². The number of aliphatic carboxylic acids is 2. The Labute approximate surface area is 210 Å². The van der Waals surface area contributed by atoms with Gasteiger partial charge in [-0.3, -0.25) is 9.59 Å². The highest BCUT2D eigenvalue weighted by molar-refractivity contribution is 5.86. The number of rotatable bonds is 6. The van der Waals surface area contributed by atoms with Crippen LogP contribution in [0.1, 0.15) is 53.4 Å². The van der Waals surface area contributed by atoms with E-state index < -0.39 is 66.0 Å². The molecular weight excluding hydrogens is 510 g/mol. The van der Waals surface area contributed by atoms with E-state index in [1.165, 1.54) is 6.92 Å². The van der Waals surface area contributed by atoms with Crippen LogP contribution in [-0.4, -0.2) is 64.6 Å². The zero-order valence-corrected chi connectivity index (χ0v) is 20.9. The summed E-state index contributed by atoms with van der Waals surface area (Å²) < 4.78 is 61.4. The number of carbonyl (C=O) groups excluding carboxylic acids is 2. The molecule has 0 bridgehead atoms. The van der Waals surface area contributed by atoms with Crippen molar-refractivity contribution in [2.24, 2.45) is 41.2 Å². The molecular formula is C23H33F4NO9. The second-order valence-corrected chi connectivity index (χ2v) is 10.3. The first-order chi connectivity index (χ1) is 16.9. The monoisotopic (exact) mass is 543 g/mol. The molecule has 212 valence electrons. The molecule has 3 saturated carbocycles. The van der Waals surface area contributed by atoms with Gasteiger partial charge in [0.05, 0.1) is 5.92 Å². The summed E-state index contributed by atoms with van der Waals surface area (Å²) in [6.45, 7) is 7.68. The summed E-state index contributed by atoms with van der Waals surface area (Å²) in [5, 5.41) is 16.4. The maximum absolute atomic E-state index is 14.0. The first kappa shape index (κ1) is 30.6. The highest BCUT2D eigenvalue weighted by Crippen LogP contribution is 2.62. The van der Waals surface area contributed by atoms with Gasteiger partial charge < -0.3 is 30.2 Å². The van der Waals surface area contributed by atoms with Crippen molar-refractivity contribution in [1.29, 1.82) is 0 Å². The summed E-state index contributed by atoms with van der Waals surface area (Å²) in [7, 11) is 0. The third kappa shape index (κ3) is 7.02. The first-order valence-corrected chi connectivity index (χ1v) is 11.9. The van der Waals surface area contributed by atoms with Crippen LogP contribution in [0.3, 0.4) is 0 Å². The van der Waals surface area contributed by atoms with Gasteiger partial charge >= 0.3 is 30.2 Å². The molecule has 3 rings (SSSR count). The molecule has 9 atom stereocenters. The summed E-state index contributed by atoms with van der Waals surface area (Å²) >= 11 is 0. The predicted molar refractivity (Wildman–Crippen MR) is 116 cm³/mol. The van der Waals surface area contributed by atoms with Gasteiger partial charge in [0.15, 0.2) is 0 Å². The number of carboxylic acids is 2. The standard InChI is InChI=1S/C21H32FNO7.C2HF3O2/c1-9(2)12-6-5-10(3)7-14(12)30-20(27)29-11(4)28-18(24)16-13-8-15(22)21(23,17(13)16)19(25)26;3-2(4,5)1(6)7/h9-17H,5-8,23H2,1-4H3,(H,25,26);(H,6,7)/t10-,11+,12+,13+,14-,15+,16+,17+,21+;/m1./s1. The van der Waals surface area contributed by atoms with E-state index in [0.717, 1.165) is 19.3 Å². The molecule has 0 saturated heterocycles. The summed E-state index contributed by atoms with van der Waals surface area (Å²) in [6, 6.07) is 0. The molecule has 0 aromatic rings. The Morgan fingerprint density at radius 2 is 1.59 bits per heavy atom. The van der Waals surface area contributed by atoms with Gasteiger partial charge in [-0.15, -0.1) is 0 Å². The number of hydrogen-bond donors (Lipinski definition) is 3. The van der Waals surface area contributed by atoms with E-state index in [1.807, 2.05) is 0 Å². The Bertz CT molecular complexity index is 883. The van der Waals surface area contributed by atoms with Gasteiger partial charge in [0, 0.05) is 12.8 Å². The van der Waals surface area contributed by atoms with Gasteiger partial charge in [-0.1, -0.05) is 27.2 Å². The lowest BCUT2D eigenvalue weighted by molar-refractivity contribution is -0.192. The Balaban J connectivity index is 0.000000604. The van der Waals surface area contributed by atoms with Crippen molar-refractivity contribution in [3.05, 3.63) is 0 Å². The molecule has 3 aliphatic rings. The van der Waals surface area contributed by atoms with Crippen molar-refractivity contribution >= 4 is 24.1 Å². The number of esters is 1. The molecule has 4 N–H and O–H groups in total. The van der Waals surface area contributed by atoms with Crippen LogP contribution in [0, 0.1) is 35.5 Å². The van der Waals surface area contributed by atoms with Crippen LogP contribution in [0.4, 0.5) is 22.4 Å². The Morgan fingerprint density at radius 1 is 1.03 bits per heavy atom. The fourth-order valence-corrected chi connectivity index (χ4v) is 5.36. The lowest BCUT2D eigenvalue weighted by Crippen LogP contribution is -2.56. The number of alkyl halides is 4. The summed E-state index contributed by atoms with van der Waals surface area (Å²) in [4.78, 5) is 44.9. The number of hydrogen-bond acceptors (Lipinski definition) is 8. The van der Waals surface area contributed by atoms with E-state index in [-0.39, 0.29) is 18.4 Å². The molecule has 10 nitrogen and oxygen atoms in total. The number of halogens is 4. The highest BCUT2D eigenvalue weighted by atomic mass is 19.4. The van der Waals surface area contributed by atoms with E-state index in [4.69, 9.17) is 29.8 Å². The largest absolute Gasteiger partial charge is 0.511 e. The first-order valence-electron chi connectivity index (χ1n) is 11.9. The minimum absolute atomic E-state index is 0.0963. The van der Waals surface area contributed by atoms with E-state index in [9.17, 15) is 37.1 Å². The van der Waals surface area contributed by atoms with Crippen LogP contribution in [-0.2, 0) is 28.6 Å². The van der Waals surface area contributed by atoms with Crippen LogP contribution in [0.5, 0.6) is 0 Å². The summed E-state index contributed by atoms with van der Waals surface area (Å²) in [6.07, 6.45) is -6.41. The topological polar surface area (TPSA) is 162 Å². The lowest BCUT2D eigenvalue weighted by atomic mass is 9.75. The number of nitrogens with two attached hydrogens (primary N) is 1. The van der Waals surface area contributed by atoms with E-state index in [0.29, 0.717) is 11.8 Å². The van der Waals surface area contributed by atoms with Gasteiger partial charge in [-0.2, -0.15) is 13.2 Å². The van der Waals surface area contributed by atoms with Gasteiger partial charge in [-0.25, -0.2) is 14.0 Å². The van der Waals surface area contributed by atoms with Crippen LogP contribution in [0.25, 0.3) is 0 Å². The third-order valence-corrected chi connectivity index (χ3v) is 7.36. The Hall–Kier alpha value is -2.64. The van der Waals surface area contributed by atoms with Gasteiger partial charge in [0.1, 0.15) is 17.8 Å². The summed E-state index contributed by atoms with van der Waals surface area (Å²) in [5.74, 6) is -5.98. The van der Waals surface area contributed by atoms with Gasteiger partial charge in [0.2, 0.25) is 6.29 Å². The van der Waals surface area contributed by atoms with Crippen LogP contribution < -0.4 is 5.73 Å². The Kier molecular flexibility index (Phi) is 9.42. The van der Waals surface area contributed by atoms with Crippen molar-refractivity contribution in [3.63, 3.8) is 0 Å². The molecule has 3 fully saturated rings. The molecule has 3 aliphatic carbocycles. The average Bonchev–Trinajstić information content (AvgIpc) is 3.39. The maximum Gasteiger partial charge on any atom is 0.511 e. The molecule has 0 aliphatic heterocycles. The van der Waals surface area contributed by atoms with E-state index in [2.05, 4.69) is 20.8 Å². The molecule has 37 heavy (non-hydrogen) atoms. The number of fused-ring (bicyclic) bond motifs is 1. The zero-order chi connectivity index (χ0) is 28.5. The average molecular weight is 544 g/mol. The second kappa shape index (κ2) is 11.4. The van der Waals surface area contributed by atoms with Gasteiger partial charge in [0.25, 0.3) is 0 Å². The van der Waals surface area contributed by atoms with E-state index >= 15 is 0 Å². The Morgan fingerprint density at radius 3 is 2.08 bits per heavy atom. The maximum atomic E-state index is 14.0. The molecule has 0 aromatic carbocycles. The number of carbonyl (C=O) groups is 4. The summed E-state index contributed by atoms with van der Waals surface area (Å²) in [5.41, 5.74) is 3.65. The van der Waals surface area contributed by atoms with E-state index in [1.54, 1.807) is 0 Å². The van der Waals surface area contributed by atoms with Crippen LogP contribution in [0.15, 0.2) is 0 Å². The van der Waals surface area contributed by atoms with Crippen molar-refractivity contribution in [2.75, 3.05) is 0 Å². The predicted octanol–water partition coefficient (Wildman–Crippen LogP) is 3.51. The minimum atomic E-state index is -5.08. The second-order valence-electron chi connectivity index (χ2n) is 10.3. The fourth-order valence-electron chi connectivity index (χ4n) is 5.36. The van der Waals surface area contributed by atoms with Crippen molar-refractivity contribution in [2.45, 2.75) is 83.7 Å². The fraction of sp³-hybridized carbons (Fsp3) is 0.826. The smallest absolute Gasteiger partial charge is 0.480 e. The van der Waals surface area contributed by atoms with Crippen molar-refractivity contribution in [3.8, 4) is 0 Å². The van der Waals surface area contributed by atoms with Crippen LogP contribution >= 0.6 is 0 Å². The highest BCUT2D eigenvalue weighted by Gasteiger charge is 2.75. The molecule has 0 spiro atoms. The normalized spacial score (nSPS) is 35.4. The molecule has 0 radical (unpaired) electrons. The molecule has 0 aromatic heterocycles. The van der Waals surface area contributed by atoms with Gasteiger partial charge in [-0.05, 0) is 42.9 Å². The number of carboxylic acid groups (broad SMARTS) is 2. The van der Waals surface area contributed by atoms with Crippen molar-refractivity contribution in [1.82, 2.24) is 0 Å². The lowest BCUT2D eigenvalue weighted by Gasteiger charge is -2.36. The zero-order valence-electron chi connectivity index (χ0n) is 20.9. The quantitative estimate of drug-likeness (QED) is 0.257. The molecule has 14 heteroatoms. The third-order valence-electron chi connectivity index (χ3n) is 7.36. The molecule has 0 unspecified atom stereocenters. The molecule has 0 heterocycles. The molecule has 0 amide bonds. The SMILES string of the molecule is CC(C)[C@@H]1CC[C@@H](C)C[C@H]1OC(=O)O[C@@H](C)OC(=O)[C@H]1[C@@H]2C[C@H](F)[C@@](N)(C(=O)O)[C@@H]21.O=C(O)C(F)(F)F. The minimum Gasteiger partial charge on any atom is -0.480 e. The van der Waals surface area contributed by atoms with Crippen LogP contribution in [0.2, 0.25) is 0 Å². The number of ether oxygens (including phenoxy) is 3.